The molecule has 0 spiro atoms. The molecular weight excluding hydrogens is 392 g/mol. The van der Waals surface area contributed by atoms with Crippen molar-refractivity contribution in [2.45, 2.75) is 12.8 Å². The summed E-state index contributed by atoms with van der Waals surface area (Å²) in [5, 5.41) is 13.0. The molecular formula is C17H16CuN2O4S. The van der Waals surface area contributed by atoms with E-state index in [-0.39, 0.29) is 35.0 Å². The number of carbonyl (C=O) groups is 2. The quantitative estimate of drug-likeness (QED) is 0.447. The maximum Gasteiger partial charge on any atom is 0.333 e. The van der Waals surface area contributed by atoms with Gasteiger partial charge in [0.25, 0.3) is 0 Å². The van der Waals surface area contributed by atoms with Crippen molar-refractivity contribution >= 4 is 40.6 Å². The SMILES string of the molecule is O=C(O)CCC(=O)ON(C(=S)Nc1ccccc1)c1ccccc1.[Cu]. The first kappa shape index (κ1) is 20.6. The van der Waals surface area contributed by atoms with Gasteiger partial charge in [0.15, 0.2) is 0 Å². The zero-order valence-corrected chi connectivity index (χ0v) is 14.8. The molecule has 0 saturated heterocycles. The number of para-hydroxylation sites is 2. The van der Waals surface area contributed by atoms with E-state index in [4.69, 9.17) is 22.2 Å². The number of carboxylic acid groups (broad SMARTS) is 1. The molecule has 2 aromatic rings. The third-order valence-electron chi connectivity index (χ3n) is 2.94. The molecule has 2 rings (SSSR count). The van der Waals surface area contributed by atoms with E-state index in [1.54, 1.807) is 24.3 Å². The third kappa shape index (κ3) is 6.92. The first-order valence-corrected chi connectivity index (χ1v) is 7.61. The van der Waals surface area contributed by atoms with Crippen molar-refractivity contribution in [3.8, 4) is 0 Å². The molecule has 0 amide bonds. The molecule has 0 aliphatic rings. The molecule has 6 nitrogen and oxygen atoms in total. The van der Waals surface area contributed by atoms with Crippen molar-refractivity contribution in [3.05, 3.63) is 60.7 Å². The van der Waals surface area contributed by atoms with Gasteiger partial charge in [0, 0.05) is 22.8 Å². The molecule has 135 valence electrons. The number of anilines is 2. The fraction of sp³-hybridized carbons (Fsp3) is 0.118. The number of carbonyl (C=O) groups excluding carboxylic acids is 1. The topological polar surface area (TPSA) is 78.9 Å². The van der Waals surface area contributed by atoms with Gasteiger partial charge in [0.2, 0.25) is 5.11 Å². The fourth-order valence-corrected chi connectivity index (χ4v) is 2.09. The predicted octanol–water partition coefficient (Wildman–Crippen LogP) is 3.21. The summed E-state index contributed by atoms with van der Waals surface area (Å²) in [5.41, 5.74) is 1.29. The van der Waals surface area contributed by atoms with Crippen molar-refractivity contribution in [1.29, 1.82) is 0 Å². The summed E-state index contributed by atoms with van der Waals surface area (Å²) in [6.45, 7) is 0. The largest absolute Gasteiger partial charge is 0.481 e. The van der Waals surface area contributed by atoms with Crippen molar-refractivity contribution in [2.24, 2.45) is 0 Å². The van der Waals surface area contributed by atoms with E-state index < -0.39 is 11.9 Å². The molecule has 0 aromatic heterocycles. The fourth-order valence-electron chi connectivity index (χ4n) is 1.83. The number of benzene rings is 2. The molecule has 0 aliphatic carbocycles. The van der Waals surface area contributed by atoms with Crippen LogP contribution in [0.5, 0.6) is 0 Å². The van der Waals surface area contributed by atoms with E-state index in [1.807, 2.05) is 36.4 Å². The Bertz CT molecular complexity index is 713. The number of carboxylic acids is 1. The van der Waals surface area contributed by atoms with Gasteiger partial charge in [-0.25, -0.2) is 4.79 Å². The normalized spacial score (nSPS) is 9.44. The predicted molar refractivity (Wildman–Crippen MR) is 94.5 cm³/mol. The van der Waals surface area contributed by atoms with Gasteiger partial charge in [-0.1, -0.05) is 36.4 Å². The van der Waals surface area contributed by atoms with E-state index in [0.29, 0.717) is 5.69 Å². The second kappa shape index (κ2) is 10.5. The van der Waals surface area contributed by atoms with Crippen LogP contribution in [0.3, 0.4) is 0 Å². The monoisotopic (exact) mass is 407 g/mol. The first-order valence-electron chi connectivity index (χ1n) is 7.20. The summed E-state index contributed by atoms with van der Waals surface area (Å²) in [6.07, 6.45) is -0.549. The summed E-state index contributed by atoms with van der Waals surface area (Å²) in [5.74, 6) is -1.75. The summed E-state index contributed by atoms with van der Waals surface area (Å²) < 4.78 is 0. The molecule has 0 aliphatic heterocycles. The Morgan fingerprint density at radius 3 is 2.12 bits per heavy atom. The number of thiocarbonyl (C=S) groups is 1. The minimum absolute atomic E-state index is 0. The first-order chi connectivity index (χ1) is 11.6. The van der Waals surface area contributed by atoms with Crippen LogP contribution < -0.4 is 10.4 Å². The average Bonchev–Trinajstić information content (AvgIpc) is 2.59. The van der Waals surface area contributed by atoms with Gasteiger partial charge in [-0.05, 0) is 36.5 Å². The third-order valence-corrected chi connectivity index (χ3v) is 3.20. The molecule has 8 heteroatoms. The van der Waals surface area contributed by atoms with Crippen LogP contribution in [0.4, 0.5) is 11.4 Å². The molecule has 0 saturated carbocycles. The van der Waals surface area contributed by atoms with E-state index in [9.17, 15) is 9.59 Å². The summed E-state index contributed by atoms with van der Waals surface area (Å²) in [6, 6.07) is 18.0. The number of nitrogens with one attached hydrogen (secondary N) is 1. The van der Waals surface area contributed by atoms with Crippen molar-refractivity contribution < 1.29 is 36.6 Å². The second-order valence-corrected chi connectivity index (χ2v) is 5.17. The number of hydroxylamine groups is 1. The van der Waals surface area contributed by atoms with Crippen LogP contribution in [-0.2, 0) is 31.5 Å². The average molecular weight is 408 g/mol. The number of aliphatic carboxylic acids is 1. The number of hydrogen-bond acceptors (Lipinski definition) is 4. The zero-order valence-electron chi connectivity index (χ0n) is 13.0. The van der Waals surface area contributed by atoms with Crippen LogP contribution in [0.15, 0.2) is 60.7 Å². The molecule has 0 fully saturated rings. The molecule has 0 heterocycles. The number of hydrogen-bond donors (Lipinski definition) is 2. The van der Waals surface area contributed by atoms with Gasteiger partial charge in [0.1, 0.15) is 0 Å². The molecule has 25 heavy (non-hydrogen) atoms. The number of nitrogens with zero attached hydrogens (tertiary/aromatic N) is 1. The smallest absolute Gasteiger partial charge is 0.333 e. The molecule has 0 bridgehead atoms. The van der Waals surface area contributed by atoms with Crippen LogP contribution in [0, 0.1) is 0 Å². The van der Waals surface area contributed by atoms with Crippen LogP contribution in [-0.4, -0.2) is 22.2 Å². The van der Waals surface area contributed by atoms with Gasteiger partial charge < -0.3 is 15.3 Å². The molecule has 2 N–H and O–H groups in total. The van der Waals surface area contributed by atoms with Crippen LogP contribution in [0.1, 0.15) is 12.8 Å². The summed E-state index contributed by atoms with van der Waals surface area (Å²) >= 11 is 5.31. The zero-order chi connectivity index (χ0) is 17.4. The second-order valence-electron chi connectivity index (χ2n) is 4.78. The van der Waals surface area contributed by atoms with E-state index in [1.165, 1.54) is 5.06 Å². The summed E-state index contributed by atoms with van der Waals surface area (Å²) in [4.78, 5) is 27.7. The Morgan fingerprint density at radius 2 is 1.56 bits per heavy atom. The van der Waals surface area contributed by atoms with Crippen molar-refractivity contribution in [1.82, 2.24) is 0 Å². The standard InChI is InChI=1S/C17H16N2O4S.Cu/c20-15(21)11-12-16(22)23-19(14-9-5-2-6-10-14)17(24)18-13-7-3-1-4-8-13;/h1-10H,11-12H2,(H,18,24)(H,20,21);. The summed E-state index contributed by atoms with van der Waals surface area (Å²) in [7, 11) is 0. The molecule has 1 radical (unpaired) electrons. The molecule has 0 unspecified atom stereocenters. The Labute approximate surface area is 161 Å². The van der Waals surface area contributed by atoms with E-state index in [2.05, 4.69) is 5.32 Å². The molecule has 2 aromatic carbocycles. The Morgan fingerprint density at radius 1 is 1.00 bits per heavy atom. The Kier molecular flexibility index (Phi) is 8.63. The van der Waals surface area contributed by atoms with Crippen LogP contribution in [0.2, 0.25) is 0 Å². The van der Waals surface area contributed by atoms with Crippen LogP contribution >= 0.6 is 12.2 Å². The van der Waals surface area contributed by atoms with Crippen LogP contribution in [0.25, 0.3) is 0 Å². The minimum Gasteiger partial charge on any atom is -0.481 e. The van der Waals surface area contributed by atoms with Gasteiger partial charge >= 0.3 is 11.9 Å². The maximum absolute atomic E-state index is 11.9. The Hall–Kier alpha value is -2.41. The van der Waals surface area contributed by atoms with Gasteiger partial charge in [-0.3, -0.25) is 4.79 Å². The van der Waals surface area contributed by atoms with Crippen molar-refractivity contribution in [2.75, 3.05) is 10.4 Å². The van der Waals surface area contributed by atoms with E-state index >= 15 is 0 Å². The molecule has 0 atom stereocenters. The van der Waals surface area contributed by atoms with Crippen molar-refractivity contribution in [3.63, 3.8) is 0 Å². The van der Waals surface area contributed by atoms with Gasteiger partial charge in [-0.2, -0.15) is 0 Å². The van der Waals surface area contributed by atoms with Gasteiger partial charge in [0.05, 0.1) is 18.5 Å². The number of rotatable bonds is 5. The van der Waals surface area contributed by atoms with E-state index in [0.717, 1.165) is 5.69 Å². The minimum atomic E-state index is -1.07. The maximum atomic E-state index is 11.9. The Balaban J connectivity index is 0.00000312. The van der Waals surface area contributed by atoms with Gasteiger partial charge in [-0.15, -0.1) is 5.06 Å².